The van der Waals surface area contributed by atoms with Gasteiger partial charge in [-0.3, -0.25) is 4.79 Å². The Morgan fingerprint density at radius 2 is 2.31 bits per heavy atom. The van der Waals surface area contributed by atoms with Crippen LogP contribution in [0.5, 0.6) is 0 Å². The number of anilines is 1. The number of carbonyl (C=O) groups excluding carboxylic acids is 1. The van der Waals surface area contributed by atoms with E-state index in [2.05, 4.69) is 25.6 Å². The summed E-state index contributed by atoms with van der Waals surface area (Å²) in [5.74, 6) is 1.83. The van der Waals surface area contributed by atoms with Gasteiger partial charge in [0, 0.05) is 25.2 Å². The van der Waals surface area contributed by atoms with Crippen molar-refractivity contribution in [3.63, 3.8) is 0 Å². The van der Waals surface area contributed by atoms with E-state index in [1.54, 1.807) is 17.7 Å². The van der Waals surface area contributed by atoms with Gasteiger partial charge in [-0.05, 0) is 49.1 Å². The molecule has 0 radical (unpaired) electrons. The maximum atomic E-state index is 12.6. The van der Waals surface area contributed by atoms with Crippen molar-refractivity contribution in [2.75, 3.05) is 18.0 Å². The summed E-state index contributed by atoms with van der Waals surface area (Å²) in [5.41, 5.74) is 2.84. The fraction of sp³-hybridized carbons (Fsp3) is 0.421. The topological polar surface area (TPSA) is 71.3 Å². The number of hydrogen-bond acceptors (Lipinski definition) is 6. The highest BCUT2D eigenvalue weighted by Gasteiger charge is 2.28. The van der Waals surface area contributed by atoms with E-state index in [-0.39, 0.29) is 11.8 Å². The summed E-state index contributed by atoms with van der Waals surface area (Å²) in [4.78, 5) is 23.6. The maximum Gasteiger partial charge on any atom is 0.231 e. The average molecular weight is 370 g/mol. The van der Waals surface area contributed by atoms with Crippen molar-refractivity contribution in [2.45, 2.75) is 33.2 Å². The maximum absolute atomic E-state index is 12.6. The lowest BCUT2D eigenvalue weighted by Crippen LogP contribution is -2.43. The van der Waals surface area contributed by atoms with Crippen LogP contribution in [0.3, 0.4) is 0 Å². The van der Waals surface area contributed by atoms with E-state index in [1.807, 2.05) is 25.3 Å². The van der Waals surface area contributed by atoms with Crippen LogP contribution in [0.15, 0.2) is 27.6 Å². The molecular formula is C19H22N4O2S. The number of fused-ring (bicyclic) bond motifs is 1. The molecule has 7 heteroatoms. The number of thiophene rings is 1. The lowest BCUT2D eigenvalue weighted by molar-refractivity contribution is -0.125. The first-order valence-corrected chi connectivity index (χ1v) is 9.82. The molecule has 1 N–H and O–H groups in total. The molecule has 1 atom stereocenters. The third kappa shape index (κ3) is 3.19. The average Bonchev–Trinajstić information content (AvgIpc) is 3.28. The number of hydrogen-bond donors (Lipinski definition) is 1. The third-order valence-corrected chi connectivity index (χ3v) is 5.82. The number of nitrogens with one attached hydrogen (secondary N) is 1. The van der Waals surface area contributed by atoms with Gasteiger partial charge in [0.1, 0.15) is 17.9 Å². The monoisotopic (exact) mass is 370 g/mol. The van der Waals surface area contributed by atoms with Crippen LogP contribution in [0.2, 0.25) is 0 Å². The Kier molecular flexibility index (Phi) is 4.63. The quantitative estimate of drug-likeness (QED) is 0.762. The second-order valence-corrected chi connectivity index (χ2v) is 7.58. The Morgan fingerprint density at radius 1 is 1.42 bits per heavy atom. The Bertz CT molecular complexity index is 919. The predicted octanol–water partition coefficient (Wildman–Crippen LogP) is 3.43. The van der Waals surface area contributed by atoms with E-state index >= 15 is 0 Å². The number of amides is 1. The van der Waals surface area contributed by atoms with Crippen molar-refractivity contribution < 1.29 is 9.21 Å². The molecule has 6 nitrogen and oxygen atoms in total. The SMILES string of the molecule is Cc1oc2ncnc(N3CCCC(C(=O)NCc4ccsc4)C3)c2c1C. The molecule has 26 heavy (non-hydrogen) atoms. The number of aromatic nitrogens is 2. The van der Waals surface area contributed by atoms with Crippen LogP contribution in [0.25, 0.3) is 11.1 Å². The largest absolute Gasteiger partial charge is 0.443 e. The standard InChI is InChI=1S/C19H22N4O2S/c1-12-13(2)25-19-16(12)17(21-11-22-19)23-6-3-4-15(9-23)18(24)20-8-14-5-7-26-10-14/h5,7,10-11,15H,3-4,6,8-9H2,1-2H3,(H,20,24). The number of nitrogens with zero attached hydrogens (tertiary/aromatic N) is 3. The van der Waals surface area contributed by atoms with Crippen LogP contribution in [0.1, 0.15) is 29.7 Å². The normalized spacial score (nSPS) is 17.6. The highest BCUT2D eigenvalue weighted by atomic mass is 32.1. The van der Waals surface area contributed by atoms with Gasteiger partial charge in [-0.25, -0.2) is 9.97 Å². The molecule has 1 amide bonds. The van der Waals surface area contributed by atoms with Crippen molar-refractivity contribution >= 4 is 34.2 Å². The number of piperidine rings is 1. The third-order valence-electron chi connectivity index (χ3n) is 5.08. The number of furan rings is 1. The Hall–Kier alpha value is -2.41. The molecule has 1 fully saturated rings. The second kappa shape index (κ2) is 7.07. The molecule has 0 aliphatic carbocycles. The summed E-state index contributed by atoms with van der Waals surface area (Å²) >= 11 is 1.65. The minimum Gasteiger partial charge on any atom is -0.443 e. The van der Waals surface area contributed by atoms with Crippen molar-refractivity contribution in [3.05, 3.63) is 40.0 Å². The van der Waals surface area contributed by atoms with Crippen molar-refractivity contribution in [1.82, 2.24) is 15.3 Å². The van der Waals surface area contributed by atoms with Gasteiger partial charge in [0.15, 0.2) is 0 Å². The summed E-state index contributed by atoms with van der Waals surface area (Å²) < 4.78 is 5.73. The summed E-state index contributed by atoms with van der Waals surface area (Å²) in [7, 11) is 0. The molecule has 1 unspecified atom stereocenters. The van der Waals surface area contributed by atoms with Crippen molar-refractivity contribution in [1.29, 1.82) is 0 Å². The summed E-state index contributed by atoms with van der Waals surface area (Å²) in [6.07, 6.45) is 3.42. The van der Waals surface area contributed by atoms with Gasteiger partial charge in [0.25, 0.3) is 0 Å². The molecule has 0 aromatic carbocycles. The van der Waals surface area contributed by atoms with E-state index in [9.17, 15) is 4.79 Å². The molecule has 3 aromatic rings. The molecule has 0 bridgehead atoms. The molecule has 3 aromatic heterocycles. The van der Waals surface area contributed by atoms with Gasteiger partial charge in [-0.15, -0.1) is 0 Å². The van der Waals surface area contributed by atoms with Gasteiger partial charge >= 0.3 is 0 Å². The van der Waals surface area contributed by atoms with E-state index in [1.165, 1.54) is 0 Å². The lowest BCUT2D eigenvalue weighted by atomic mass is 9.96. The Balaban J connectivity index is 1.51. The van der Waals surface area contributed by atoms with Gasteiger partial charge < -0.3 is 14.6 Å². The minimum atomic E-state index is -0.0271. The van der Waals surface area contributed by atoms with Gasteiger partial charge in [-0.1, -0.05) is 0 Å². The first-order valence-electron chi connectivity index (χ1n) is 8.88. The van der Waals surface area contributed by atoms with Crippen LogP contribution >= 0.6 is 11.3 Å². The molecular weight excluding hydrogens is 348 g/mol. The summed E-state index contributed by atoms with van der Waals surface area (Å²) in [5, 5.41) is 8.12. The zero-order chi connectivity index (χ0) is 18.1. The van der Waals surface area contributed by atoms with Crippen molar-refractivity contribution in [3.8, 4) is 0 Å². The number of rotatable bonds is 4. The first-order chi connectivity index (χ1) is 12.6. The van der Waals surface area contributed by atoms with Gasteiger partial charge in [0.2, 0.25) is 11.6 Å². The number of aryl methyl sites for hydroxylation is 2. The minimum absolute atomic E-state index is 0.0271. The predicted molar refractivity (Wildman–Crippen MR) is 102 cm³/mol. The molecule has 1 saturated heterocycles. The van der Waals surface area contributed by atoms with Gasteiger partial charge in [0.05, 0.1) is 11.3 Å². The fourth-order valence-corrected chi connectivity index (χ4v) is 4.18. The highest BCUT2D eigenvalue weighted by Crippen LogP contribution is 2.32. The van der Waals surface area contributed by atoms with E-state index < -0.39 is 0 Å². The molecule has 1 aliphatic rings. The number of carbonyl (C=O) groups is 1. The van der Waals surface area contributed by atoms with Gasteiger partial charge in [-0.2, -0.15) is 11.3 Å². The molecule has 4 heterocycles. The van der Waals surface area contributed by atoms with E-state index in [0.717, 1.165) is 47.5 Å². The highest BCUT2D eigenvalue weighted by molar-refractivity contribution is 7.07. The Morgan fingerprint density at radius 3 is 3.12 bits per heavy atom. The molecule has 0 saturated carbocycles. The summed E-state index contributed by atoms with van der Waals surface area (Å²) in [6, 6.07) is 2.04. The van der Waals surface area contributed by atoms with E-state index in [0.29, 0.717) is 18.8 Å². The Labute approximate surface area is 156 Å². The summed E-state index contributed by atoms with van der Waals surface area (Å²) in [6.45, 7) is 6.13. The molecule has 136 valence electrons. The smallest absolute Gasteiger partial charge is 0.231 e. The zero-order valence-electron chi connectivity index (χ0n) is 15.0. The van der Waals surface area contributed by atoms with Crippen LogP contribution in [-0.2, 0) is 11.3 Å². The molecule has 4 rings (SSSR count). The second-order valence-electron chi connectivity index (χ2n) is 6.80. The van der Waals surface area contributed by atoms with Crippen LogP contribution < -0.4 is 10.2 Å². The first kappa shape index (κ1) is 17.0. The lowest BCUT2D eigenvalue weighted by Gasteiger charge is -2.33. The van der Waals surface area contributed by atoms with Crippen LogP contribution in [0.4, 0.5) is 5.82 Å². The zero-order valence-corrected chi connectivity index (χ0v) is 15.8. The van der Waals surface area contributed by atoms with E-state index in [4.69, 9.17) is 4.42 Å². The van der Waals surface area contributed by atoms with Crippen molar-refractivity contribution in [2.24, 2.45) is 5.92 Å². The molecule has 1 aliphatic heterocycles. The van der Waals surface area contributed by atoms with Crippen LogP contribution in [0, 0.1) is 19.8 Å². The fourth-order valence-electron chi connectivity index (χ4n) is 3.51. The molecule has 0 spiro atoms. The van der Waals surface area contributed by atoms with Crippen LogP contribution in [-0.4, -0.2) is 29.0 Å².